The van der Waals surface area contributed by atoms with E-state index in [1.54, 1.807) is 30.5 Å². The second-order valence-corrected chi connectivity index (χ2v) is 5.68. The van der Waals surface area contributed by atoms with Gasteiger partial charge >= 0.3 is 0 Å². The molecule has 1 heterocycles. The Labute approximate surface area is 106 Å². The Bertz CT molecular complexity index is 651. The fraction of sp³-hybridized carbons (Fsp3) is 0.0833. The molecule has 0 aliphatic heterocycles. The molecule has 0 aliphatic rings. The van der Waals surface area contributed by atoms with Crippen molar-refractivity contribution in [3.8, 4) is 11.1 Å². The second-order valence-electron chi connectivity index (χ2n) is 3.93. The van der Waals surface area contributed by atoms with Gasteiger partial charge in [-0.3, -0.25) is 4.72 Å². The molecule has 0 amide bonds. The highest BCUT2D eigenvalue weighted by atomic mass is 32.2. The summed E-state index contributed by atoms with van der Waals surface area (Å²) in [5.74, 6) is 0.448. The van der Waals surface area contributed by atoms with Crippen molar-refractivity contribution in [2.45, 2.75) is 0 Å². The van der Waals surface area contributed by atoms with Crippen molar-refractivity contribution in [2.24, 2.45) is 0 Å². The monoisotopic (exact) mass is 263 g/mol. The summed E-state index contributed by atoms with van der Waals surface area (Å²) in [5, 5.41) is 0. The lowest BCUT2D eigenvalue weighted by atomic mass is 10.1. The maximum absolute atomic E-state index is 11.2. The van der Waals surface area contributed by atoms with Crippen LogP contribution >= 0.6 is 0 Å². The molecule has 18 heavy (non-hydrogen) atoms. The number of benzene rings is 1. The molecule has 1 aromatic heterocycles. The first-order chi connectivity index (χ1) is 8.44. The summed E-state index contributed by atoms with van der Waals surface area (Å²) in [6.07, 6.45) is 2.76. The van der Waals surface area contributed by atoms with Crippen molar-refractivity contribution in [1.82, 2.24) is 4.98 Å². The molecule has 5 nitrogen and oxygen atoms in total. The number of aromatic nitrogens is 1. The number of nitrogens with zero attached hydrogens (tertiary/aromatic N) is 1. The molecule has 0 unspecified atom stereocenters. The first kappa shape index (κ1) is 12.4. The van der Waals surface area contributed by atoms with Crippen LogP contribution in [-0.2, 0) is 10.0 Å². The normalized spacial score (nSPS) is 11.2. The summed E-state index contributed by atoms with van der Waals surface area (Å²) in [6.45, 7) is 0. The highest BCUT2D eigenvalue weighted by Crippen LogP contribution is 2.22. The van der Waals surface area contributed by atoms with Gasteiger partial charge in [0.15, 0.2) is 0 Å². The van der Waals surface area contributed by atoms with E-state index in [0.717, 1.165) is 17.4 Å². The summed E-state index contributed by atoms with van der Waals surface area (Å²) in [4.78, 5) is 4.00. The number of hydrogen-bond donors (Lipinski definition) is 2. The van der Waals surface area contributed by atoms with Gasteiger partial charge in [0.05, 0.1) is 6.26 Å². The largest absolute Gasteiger partial charge is 0.384 e. The fourth-order valence-corrected chi connectivity index (χ4v) is 2.11. The number of rotatable bonds is 3. The van der Waals surface area contributed by atoms with Gasteiger partial charge in [-0.1, -0.05) is 12.1 Å². The van der Waals surface area contributed by atoms with E-state index in [0.29, 0.717) is 11.5 Å². The van der Waals surface area contributed by atoms with Crippen LogP contribution < -0.4 is 10.5 Å². The number of nitrogens with one attached hydrogen (secondary N) is 1. The van der Waals surface area contributed by atoms with E-state index in [-0.39, 0.29) is 0 Å². The molecule has 0 saturated carbocycles. The van der Waals surface area contributed by atoms with Gasteiger partial charge in [0.1, 0.15) is 5.82 Å². The van der Waals surface area contributed by atoms with E-state index in [1.807, 2.05) is 12.1 Å². The summed E-state index contributed by atoms with van der Waals surface area (Å²) in [6, 6.07) is 10.6. The summed E-state index contributed by atoms with van der Waals surface area (Å²) >= 11 is 0. The Hall–Kier alpha value is -2.08. The maximum Gasteiger partial charge on any atom is 0.229 e. The molecule has 3 N–H and O–H groups in total. The van der Waals surface area contributed by atoms with Crippen LogP contribution in [0.1, 0.15) is 0 Å². The molecule has 0 spiro atoms. The van der Waals surface area contributed by atoms with E-state index in [4.69, 9.17) is 5.73 Å². The SMILES string of the molecule is CS(=O)(=O)Nc1cccc(-c2ccc(N)nc2)c1. The van der Waals surface area contributed by atoms with E-state index >= 15 is 0 Å². The Morgan fingerprint density at radius 2 is 1.94 bits per heavy atom. The zero-order chi connectivity index (χ0) is 13.2. The molecule has 6 heteroatoms. The summed E-state index contributed by atoms with van der Waals surface area (Å²) in [5.41, 5.74) is 7.78. The molecule has 0 saturated heterocycles. The minimum atomic E-state index is -3.27. The minimum Gasteiger partial charge on any atom is -0.384 e. The van der Waals surface area contributed by atoms with Crippen LogP contribution in [0.15, 0.2) is 42.6 Å². The number of nitrogen functional groups attached to an aromatic ring is 1. The van der Waals surface area contributed by atoms with Crippen molar-refractivity contribution in [1.29, 1.82) is 0 Å². The molecule has 2 rings (SSSR count). The number of sulfonamides is 1. The van der Waals surface area contributed by atoms with Crippen LogP contribution in [0.2, 0.25) is 0 Å². The average Bonchev–Trinajstić information content (AvgIpc) is 2.28. The topological polar surface area (TPSA) is 85.1 Å². The van der Waals surface area contributed by atoms with Crippen LogP contribution in [0.5, 0.6) is 0 Å². The lowest BCUT2D eigenvalue weighted by Crippen LogP contribution is -2.09. The predicted octanol–water partition coefficient (Wildman–Crippen LogP) is 1.70. The number of nitrogens with two attached hydrogens (primary N) is 1. The molecule has 94 valence electrons. The number of anilines is 2. The van der Waals surface area contributed by atoms with Crippen molar-refractivity contribution in [3.05, 3.63) is 42.6 Å². The third-order valence-electron chi connectivity index (χ3n) is 2.29. The van der Waals surface area contributed by atoms with E-state index in [2.05, 4.69) is 9.71 Å². The second kappa shape index (κ2) is 4.66. The van der Waals surface area contributed by atoms with E-state index in [9.17, 15) is 8.42 Å². The van der Waals surface area contributed by atoms with Gasteiger partial charge < -0.3 is 5.73 Å². The summed E-state index contributed by atoms with van der Waals surface area (Å²) < 4.78 is 24.7. The van der Waals surface area contributed by atoms with Gasteiger partial charge in [-0.25, -0.2) is 13.4 Å². The van der Waals surface area contributed by atoms with Crippen LogP contribution in [0.4, 0.5) is 11.5 Å². The van der Waals surface area contributed by atoms with Crippen molar-refractivity contribution >= 4 is 21.5 Å². The first-order valence-electron chi connectivity index (χ1n) is 5.24. The van der Waals surface area contributed by atoms with Gasteiger partial charge in [0.2, 0.25) is 10.0 Å². The highest BCUT2D eigenvalue weighted by Gasteiger charge is 2.04. The zero-order valence-corrected chi connectivity index (χ0v) is 10.6. The molecule has 1 aromatic carbocycles. The molecule has 0 atom stereocenters. The number of hydrogen-bond acceptors (Lipinski definition) is 4. The van der Waals surface area contributed by atoms with Crippen LogP contribution in [0.3, 0.4) is 0 Å². The molecule has 0 fully saturated rings. The Kier molecular flexibility index (Phi) is 3.20. The highest BCUT2D eigenvalue weighted by molar-refractivity contribution is 7.92. The van der Waals surface area contributed by atoms with Crippen LogP contribution in [-0.4, -0.2) is 19.7 Å². The van der Waals surface area contributed by atoms with E-state index in [1.165, 1.54) is 0 Å². The first-order valence-corrected chi connectivity index (χ1v) is 7.13. The van der Waals surface area contributed by atoms with Gasteiger partial charge in [-0.15, -0.1) is 0 Å². The maximum atomic E-state index is 11.2. The van der Waals surface area contributed by atoms with Crippen LogP contribution in [0, 0.1) is 0 Å². The molecule has 0 aliphatic carbocycles. The van der Waals surface area contributed by atoms with Crippen molar-refractivity contribution in [3.63, 3.8) is 0 Å². The van der Waals surface area contributed by atoms with Gasteiger partial charge in [0.25, 0.3) is 0 Å². The van der Waals surface area contributed by atoms with Crippen LogP contribution in [0.25, 0.3) is 11.1 Å². The molecule has 0 bridgehead atoms. The van der Waals surface area contributed by atoms with Crippen molar-refractivity contribution < 1.29 is 8.42 Å². The Morgan fingerprint density at radius 3 is 2.56 bits per heavy atom. The fourth-order valence-electron chi connectivity index (χ4n) is 1.55. The predicted molar refractivity (Wildman–Crippen MR) is 72.6 cm³/mol. The Balaban J connectivity index is 2.35. The summed E-state index contributed by atoms with van der Waals surface area (Å²) in [7, 11) is -3.27. The average molecular weight is 263 g/mol. The number of pyridine rings is 1. The lowest BCUT2D eigenvalue weighted by Gasteiger charge is -2.06. The van der Waals surface area contributed by atoms with E-state index < -0.39 is 10.0 Å². The standard InChI is InChI=1S/C12H13N3O2S/c1-18(16,17)15-11-4-2-3-9(7-11)10-5-6-12(13)14-8-10/h2-8,15H,1H3,(H2,13,14). The minimum absolute atomic E-state index is 0.448. The van der Waals surface area contributed by atoms with Gasteiger partial charge in [-0.05, 0) is 29.8 Å². The molecular weight excluding hydrogens is 250 g/mol. The van der Waals surface area contributed by atoms with Crippen molar-refractivity contribution in [2.75, 3.05) is 16.7 Å². The molecule has 2 aromatic rings. The zero-order valence-electron chi connectivity index (χ0n) is 9.79. The quantitative estimate of drug-likeness (QED) is 0.882. The lowest BCUT2D eigenvalue weighted by molar-refractivity contribution is 0.607. The smallest absolute Gasteiger partial charge is 0.229 e. The Morgan fingerprint density at radius 1 is 1.17 bits per heavy atom. The molecular formula is C12H13N3O2S. The molecule has 0 radical (unpaired) electrons. The third-order valence-corrected chi connectivity index (χ3v) is 2.89. The van der Waals surface area contributed by atoms with Gasteiger partial charge in [-0.2, -0.15) is 0 Å². The third kappa shape index (κ3) is 3.21. The van der Waals surface area contributed by atoms with Gasteiger partial charge in [0, 0.05) is 17.4 Å².